The summed E-state index contributed by atoms with van der Waals surface area (Å²) in [6.45, 7) is 3.39. The Morgan fingerprint density at radius 2 is 2.33 bits per heavy atom. The van der Waals surface area contributed by atoms with Crippen molar-refractivity contribution in [1.29, 1.82) is 0 Å². The van der Waals surface area contributed by atoms with Gasteiger partial charge in [0.1, 0.15) is 5.75 Å². The van der Waals surface area contributed by atoms with Crippen LogP contribution in [0.25, 0.3) is 0 Å². The molecule has 0 heterocycles. The lowest BCUT2D eigenvalue weighted by Crippen LogP contribution is -2.19. The Bertz CT molecular complexity index is 381. The number of halogens is 1. The molecule has 0 aliphatic heterocycles. The highest BCUT2D eigenvalue weighted by Crippen LogP contribution is 2.36. The largest absolute Gasteiger partial charge is 0.493 e. The highest BCUT2D eigenvalue weighted by molar-refractivity contribution is 5.45. The number of alkyl halides is 1. The van der Waals surface area contributed by atoms with E-state index < -0.39 is 0 Å². The minimum Gasteiger partial charge on any atom is -0.493 e. The van der Waals surface area contributed by atoms with Gasteiger partial charge < -0.3 is 10.1 Å². The van der Waals surface area contributed by atoms with Gasteiger partial charge in [0.2, 0.25) is 0 Å². The molecule has 0 bridgehead atoms. The molecule has 1 aliphatic carbocycles. The molecule has 0 amide bonds. The van der Waals surface area contributed by atoms with Crippen molar-refractivity contribution in [2.24, 2.45) is 0 Å². The average Bonchev–Trinajstić information content (AvgIpc) is 2.81. The summed E-state index contributed by atoms with van der Waals surface area (Å²) in [7, 11) is 0. The predicted molar refractivity (Wildman–Crippen MR) is 71.9 cm³/mol. The van der Waals surface area contributed by atoms with Crippen LogP contribution in [0.4, 0.5) is 4.39 Å². The minimum atomic E-state index is -0.310. The first kappa shape index (κ1) is 13.3. The van der Waals surface area contributed by atoms with Crippen molar-refractivity contribution in [3.63, 3.8) is 0 Å². The number of hydrogen-bond acceptors (Lipinski definition) is 2. The van der Waals surface area contributed by atoms with Gasteiger partial charge in [-0.1, -0.05) is 19.1 Å². The molecule has 0 saturated carbocycles. The fraction of sp³-hybridized carbons (Fsp3) is 0.600. The van der Waals surface area contributed by atoms with Crippen LogP contribution < -0.4 is 10.1 Å². The molecular weight excluding hydrogens is 229 g/mol. The molecule has 0 spiro atoms. The molecule has 1 unspecified atom stereocenters. The third kappa shape index (κ3) is 3.02. The van der Waals surface area contributed by atoms with E-state index in [0.717, 1.165) is 31.6 Å². The average molecular weight is 251 g/mol. The van der Waals surface area contributed by atoms with Crippen LogP contribution in [-0.2, 0) is 6.42 Å². The van der Waals surface area contributed by atoms with Crippen LogP contribution in [0.2, 0.25) is 0 Å². The van der Waals surface area contributed by atoms with Crippen LogP contribution in [0, 0.1) is 0 Å². The Labute approximate surface area is 109 Å². The van der Waals surface area contributed by atoms with Crippen molar-refractivity contribution in [1.82, 2.24) is 5.32 Å². The molecule has 2 nitrogen and oxygen atoms in total. The second-order valence-electron chi connectivity index (χ2n) is 4.76. The van der Waals surface area contributed by atoms with Gasteiger partial charge in [0.25, 0.3) is 0 Å². The molecule has 100 valence electrons. The van der Waals surface area contributed by atoms with Gasteiger partial charge in [0.05, 0.1) is 13.3 Å². The molecular formula is C15H22FNO. The Morgan fingerprint density at radius 1 is 1.44 bits per heavy atom. The maximum Gasteiger partial charge on any atom is 0.122 e. The Balaban J connectivity index is 2.04. The first-order valence-electron chi connectivity index (χ1n) is 6.90. The summed E-state index contributed by atoms with van der Waals surface area (Å²) >= 11 is 0. The monoisotopic (exact) mass is 251 g/mol. The second-order valence-corrected chi connectivity index (χ2v) is 4.76. The van der Waals surface area contributed by atoms with Gasteiger partial charge in [-0.15, -0.1) is 0 Å². The number of fused-ring (bicyclic) bond motifs is 1. The van der Waals surface area contributed by atoms with Crippen molar-refractivity contribution in [2.45, 2.75) is 38.6 Å². The number of ether oxygens (including phenoxy) is 1. The number of hydrogen-bond donors (Lipinski definition) is 1. The van der Waals surface area contributed by atoms with E-state index >= 15 is 0 Å². The molecule has 0 aromatic heterocycles. The topological polar surface area (TPSA) is 21.3 Å². The van der Waals surface area contributed by atoms with Crippen LogP contribution in [0.15, 0.2) is 18.2 Å². The highest BCUT2D eigenvalue weighted by atomic mass is 19.1. The Hall–Kier alpha value is -1.09. The number of rotatable bonds is 7. The number of nitrogens with one attached hydrogen (secondary N) is 1. The van der Waals surface area contributed by atoms with E-state index in [9.17, 15) is 4.39 Å². The van der Waals surface area contributed by atoms with E-state index in [1.54, 1.807) is 0 Å². The summed E-state index contributed by atoms with van der Waals surface area (Å²) < 4.78 is 17.8. The Morgan fingerprint density at radius 3 is 3.11 bits per heavy atom. The van der Waals surface area contributed by atoms with Crippen molar-refractivity contribution in [3.05, 3.63) is 29.3 Å². The zero-order valence-electron chi connectivity index (χ0n) is 11.0. The molecule has 0 saturated heterocycles. The van der Waals surface area contributed by atoms with E-state index in [2.05, 4.69) is 18.3 Å². The van der Waals surface area contributed by atoms with Gasteiger partial charge in [0.15, 0.2) is 0 Å². The van der Waals surface area contributed by atoms with Gasteiger partial charge in [-0.25, -0.2) is 0 Å². The van der Waals surface area contributed by atoms with Crippen molar-refractivity contribution in [2.75, 3.05) is 19.8 Å². The summed E-state index contributed by atoms with van der Waals surface area (Å²) in [6.07, 6.45) is 3.82. The molecule has 1 aromatic carbocycles. The van der Waals surface area contributed by atoms with E-state index in [1.165, 1.54) is 11.1 Å². The quantitative estimate of drug-likeness (QED) is 0.750. The summed E-state index contributed by atoms with van der Waals surface area (Å²) in [6, 6.07) is 6.68. The smallest absolute Gasteiger partial charge is 0.122 e. The van der Waals surface area contributed by atoms with E-state index in [0.29, 0.717) is 19.1 Å². The molecule has 3 heteroatoms. The third-order valence-corrected chi connectivity index (χ3v) is 3.40. The van der Waals surface area contributed by atoms with Crippen LogP contribution >= 0.6 is 0 Å². The SMILES string of the molecule is CCCNC1CCc2c(OCCCF)cccc21. The Kier molecular flexibility index (Phi) is 5.00. The lowest BCUT2D eigenvalue weighted by atomic mass is 10.1. The normalized spacial score (nSPS) is 17.8. The molecule has 1 aliphatic rings. The summed E-state index contributed by atoms with van der Waals surface area (Å²) in [5, 5.41) is 3.57. The van der Waals surface area contributed by atoms with Crippen molar-refractivity contribution >= 4 is 0 Å². The first-order valence-corrected chi connectivity index (χ1v) is 6.90. The van der Waals surface area contributed by atoms with E-state index in [1.807, 2.05) is 12.1 Å². The summed E-state index contributed by atoms with van der Waals surface area (Å²) in [5.74, 6) is 0.946. The fourth-order valence-corrected chi connectivity index (χ4v) is 2.52. The minimum absolute atomic E-state index is 0.310. The molecule has 2 rings (SSSR count). The standard InChI is InChI=1S/C15H22FNO/c1-2-10-17-14-8-7-13-12(14)5-3-6-15(13)18-11-4-9-16/h3,5-6,14,17H,2,4,7-11H2,1H3. The lowest BCUT2D eigenvalue weighted by molar-refractivity contribution is 0.287. The molecule has 0 radical (unpaired) electrons. The van der Waals surface area contributed by atoms with E-state index in [-0.39, 0.29) is 6.67 Å². The van der Waals surface area contributed by atoms with Crippen molar-refractivity contribution < 1.29 is 9.13 Å². The summed E-state index contributed by atoms with van der Waals surface area (Å²) in [4.78, 5) is 0. The molecule has 18 heavy (non-hydrogen) atoms. The number of benzene rings is 1. The molecule has 1 atom stereocenters. The van der Waals surface area contributed by atoms with Crippen LogP contribution in [0.3, 0.4) is 0 Å². The zero-order chi connectivity index (χ0) is 12.8. The fourth-order valence-electron chi connectivity index (χ4n) is 2.52. The van der Waals surface area contributed by atoms with Gasteiger partial charge in [-0.2, -0.15) is 0 Å². The predicted octanol–water partition coefficient (Wildman–Crippen LogP) is 3.41. The zero-order valence-corrected chi connectivity index (χ0v) is 11.0. The van der Waals surface area contributed by atoms with Gasteiger partial charge in [-0.05, 0) is 43.0 Å². The lowest BCUT2D eigenvalue weighted by Gasteiger charge is -2.14. The summed E-state index contributed by atoms with van der Waals surface area (Å²) in [5.41, 5.74) is 2.67. The molecule has 1 aromatic rings. The van der Waals surface area contributed by atoms with Crippen molar-refractivity contribution in [3.8, 4) is 5.75 Å². The highest BCUT2D eigenvalue weighted by Gasteiger charge is 2.24. The maximum atomic E-state index is 12.1. The van der Waals surface area contributed by atoms with Crippen LogP contribution in [0.5, 0.6) is 5.75 Å². The first-order chi connectivity index (χ1) is 8.86. The van der Waals surface area contributed by atoms with Gasteiger partial charge in [0, 0.05) is 12.5 Å². The van der Waals surface area contributed by atoms with Crippen LogP contribution in [0.1, 0.15) is 43.4 Å². The molecule has 1 N–H and O–H groups in total. The van der Waals surface area contributed by atoms with E-state index in [4.69, 9.17) is 4.74 Å². The maximum absolute atomic E-state index is 12.1. The second kappa shape index (κ2) is 6.74. The molecule has 0 fully saturated rings. The van der Waals surface area contributed by atoms with Gasteiger partial charge >= 0.3 is 0 Å². The van der Waals surface area contributed by atoms with Crippen LogP contribution in [-0.4, -0.2) is 19.8 Å². The van der Waals surface area contributed by atoms with Gasteiger partial charge in [-0.3, -0.25) is 4.39 Å². The third-order valence-electron chi connectivity index (χ3n) is 3.40.